The molecule has 0 saturated heterocycles. The number of fused-ring (bicyclic) bond motifs is 1. The van der Waals surface area contributed by atoms with Crippen molar-refractivity contribution in [2.45, 2.75) is 64.8 Å². The highest BCUT2D eigenvalue weighted by Crippen LogP contribution is 2.31. The van der Waals surface area contributed by atoms with Crippen molar-refractivity contribution < 1.29 is 0 Å². The van der Waals surface area contributed by atoms with E-state index in [1.165, 1.54) is 37.7 Å². The lowest BCUT2D eigenvalue weighted by Crippen LogP contribution is -2.22. The smallest absolute Gasteiger partial charge is 0.0323 e. The van der Waals surface area contributed by atoms with Gasteiger partial charge in [0.05, 0.1) is 0 Å². The van der Waals surface area contributed by atoms with Gasteiger partial charge in [-0.25, -0.2) is 0 Å². The lowest BCUT2D eigenvalue weighted by atomic mass is 9.92. The van der Waals surface area contributed by atoms with Crippen LogP contribution in [0.5, 0.6) is 0 Å². The quantitative estimate of drug-likeness (QED) is 0.766. The second-order valence-corrected chi connectivity index (χ2v) is 5.87. The van der Waals surface area contributed by atoms with E-state index in [0.29, 0.717) is 12.0 Å². The van der Waals surface area contributed by atoms with Crippen molar-refractivity contribution in [3.05, 3.63) is 34.9 Å². The van der Waals surface area contributed by atoms with Gasteiger partial charge in [0.25, 0.3) is 0 Å². The Kier molecular flexibility index (Phi) is 4.82. The molecule has 100 valence electrons. The molecule has 1 aromatic rings. The van der Waals surface area contributed by atoms with Crippen molar-refractivity contribution in [1.82, 2.24) is 5.32 Å². The normalized spacial score (nSPS) is 19.7. The van der Waals surface area contributed by atoms with Crippen LogP contribution in [0, 0.1) is 0 Å². The van der Waals surface area contributed by atoms with Crippen LogP contribution in [0.3, 0.4) is 0 Å². The molecule has 1 unspecified atom stereocenters. The van der Waals surface area contributed by atoms with Crippen LogP contribution >= 0.6 is 0 Å². The Hall–Kier alpha value is -0.820. The molecule has 1 aliphatic rings. The third-order valence-corrected chi connectivity index (χ3v) is 4.04. The van der Waals surface area contributed by atoms with Crippen LogP contribution in [0.4, 0.5) is 0 Å². The minimum atomic E-state index is 0.584. The van der Waals surface area contributed by atoms with Gasteiger partial charge in [-0.3, -0.25) is 0 Å². The fourth-order valence-corrected chi connectivity index (χ4v) is 2.87. The second-order valence-electron chi connectivity index (χ2n) is 5.87. The first-order chi connectivity index (χ1) is 8.72. The summed E-state index contributed by atoms with van der Waals surface area (Å²) in [6.07, 6.45) is 6.48. The largest absolute Gasteiger partial charge is 0.310 e. The zero-order valence-electron chi connectivity index (χ0n) is 12.1. The van der Waals surface area contributed by atoms with E-state index in [0.717, 1.165) is 6.54 Å². The summed E-state index contributed by atoms with van der Waals surface area (Å²) < 4.78 is 0. The molecular formula is C17H27N. The standard InChI is InChI=1S/C17H27N/c1-4-11-18-17-8-6-5-7-14-9-10-15(13(2)3)12-16(14)17/h9-10,12-13,17-18H,4-8,11H2,1-3H3. The molecule has 2 rings (SSSR count). The van der Waals surface area contributed by atoms with E-state index in [2.05, 4.69) is 44.3 Å². The van der Waals surface area contributed by atoms with E-state index in [1.54, 1.807) is 11.1 Å². The Morgan fingerprint density at radius 2 is 2.11 bits per heavy atom. The van der Waals surface area contributed by atoms with Crippen LogP contribution in [0.25, 0.3) is 0 Å². The first kappa shape index (κ1) is 13.6. The fraction of sp³-hybridized carbons (Fsp3) is 0.647. The molecule has 1 atom stereocenters. The maximum Gasteiger partial charge on any atom is 0.0323 e. The Balaban J connectivity index is 2.28. The summed E-state index contributed by atoms with van der Waals surface area (Å²) in [5.41, 5.74) is 4.64. The summed E-state index contributed by atoms with van der Waals surface area (Å²) in [5, 5.41) is 3.73. The van der Waals surface area contributed by atoms with Gasteiger partial charge < -0.3 is 5.32 Å². The van der Waals surface area contributed by atoms with Crippen molar-refractivity contribution in [2.24, 2.45) is 0 Å². The molecule has 1 nitrogen and oxygen atoms in total. The number of hydrogen-bond acceptors (Lipinski definition) is 1. The minimum Gasteiger partial charge on any atom is -0.310 e. The zero-order chi connectivity index (χ0) is 13.0. The molecule has 1 aliphatic carbocycles. The first-order valence-corrected chi connectivity index (χ1v) is 7.58. The molecule has 0 fully saturated rings. The summed E-state index contributed by atoms with van der Waals surface area (Å²) in [6, 6.07) is 7.74. The highest BCUT2D eigenvalue weighted by Gasteiger charge is 2.18. The molecule has 1 heteroatoms. The average Bonchev–Trinajstić information content (AvgIpc) is 2.57. The molecule has 0 aromatic heterocycles. The monoisotopic (exact) mass is 245 g/mol. The van der Waals surface area contributed by atoms with E-state index in [4.69, 9.17) is 0 Å². The fourth-order valence-electron chi connectivity index (χ4n) is 2.87. The molecule has 0 amide bonds. The third kappa shape index (κ3) is 3.14. The number of nitrogens with one attached hydrogen (secondary N) is 1. The van der Waals surface area contributed by atoms with Gasteiger partial charge in [-0.2, -0.15) is 0 Å². The Morgan fingerprint density at radius 3 is 2.83 bits per heavy atom. The molecule has 1 aromatic carbocycles. The van der Waals surface area contributed by atoms with Crippen LogP contribution in [0.15, 0.2) is 18.2 Å². The molecule has 18 heavy (non-hydrogen) atoms. The van der Waals surface area contributed by atoms with E-state index in [-0.39, 0.29) is 0 Å². The van der Waals surface area contributed by atoms with Gasteiger partial charge in [-0.15, -0.1) is 0 Å². The summed E-state index contributed by atoms with van der Waals surface area (Å²) in [7, 11) is 0. The Morgan fingerprint density at radius 1 is 1.28 bits per heavy atom. The van der Waals surface area contributed by atoms with Crippen molar-refractivity contribution in [3.8, 4) is 0 Å². The van der Waals surface area contributed by atoms with Gasteiger partial charge in [0.2, 0.25) is 0 Å². The summed E-state index contributed by atoms with van der Waals surface area (Å²) in [4.78, 5) is 0. The highest BCUT2D eigenvalue weighted by molar-refractivity contribution is 5.36. The molecule has 0 radical (unpaired) electrons. The highest BCUT2D eigenvalue weighted by atomic mass is 14.9. The molecule has 0 spiro atoms. The van der Waals surface area contributed by atoms with E-state index in [1.807, 2.05) is 0 Å². The maximum absolute atomic E-state index is 3.73. The van der Waals surface area contributed by atoms with Crippen molar-refractivity contribution in [2.75, 3.05) is 6.54 Å². The van der Waals surface area contributed by atoms with Gasteiger partial charge in [-0.1, -0.05) is 45.4 Å². The van der Waals surface area contributed by atoms with E-state index >= 15 is 0 Å². The maximum atomic E-state index is 3.73. The van der Waals surface area contributed by atoms with Gasteiger partial charge in [0.1, 0.15) is 0 Å². The van der Waals surface area contributed by atoms with Crippen molar-refractivity contribution in [3.63, 3.8) is 0 Å². The lowest BCUT2D eigenvalue weighted by Gasteiger charge is -2.21. The summed E-state index contributed by atoms with van der Waals surface area (Å²) in [6.45, 7) is 7.95. The Labute approximate surface area is 112 Å². The van der Waals surface area contributed by atoms with Crippen LogP contribution < -0.4 is 5.32 Å². The Bertz CT molecular complexity index is 381. The molecular weight excluding hydrogens is 218 g/mol. The molecule has 1 N–H and O–H groups in total. The van der Waals surface area contributed by atoms with Crippen LogP contribution in [0.1, 0.15) is 75.1 Å². The SMILES string of the molecule is CCCNC1CCCCc2ccc(C(C)C)cc21. The summed E-state index contributed by atoms with van der Waals surface area (Å²) >= 11 is 0. The lowest BCUT2D eigenvalue weighted by molar-refractivity contribution is 0.489. The number of aryl methyl sites for hydroxylation is 1. The van der Waals surface area contributed by atoms with Crippen molar-refractivity contribution >= 4 is 0 Å². The van der Waals surface area contributed by atoms with Gasteiger partial charge >= 0.3 is 0 Å². The third-order valence-electron chi connectivity index (χ3n) is 4.04. The van der Waals surface area contributed by atoms with Gasteiger partial charge in [0, 0.05) is 6.04 Å². The van der Waals surface area contributed by atoms with E-state index in [9.17, 15) is 0 Å². The van der Waals surface area contributed by atoms with Crippen LogP contribution in [-0.4, -0.2) is 6.54 Å². The topological polar surface area (TPSA) is 12.0 Å². The molecule has 0 bridgehead atoms. The zero-order valence-corrected chi connectivity index (χ0v) is 12.1. The second kappa shape index (κ2) is 6.38. The van der Waals surface area contributed by atoms with Crippen LogP contribution in [-0.2, 0) is 6.42 Å². The number of hydrogen-bond donors (Lipinski definition) is 1. The van der Waals surface area contributed by atoms with Crippen LogP contribution in [0.2, 0.25) is 0 Å². The molecule has 0 saturated carbocycles. The predicted molar refractivity (Wildman–Crippen MR) is 79.1 cm³/mol. The molecule has 0 heterocycles. The van der Waals surface area contributed by atoms with Gasteiger partial charge in [-0.05, 0) is 54.8 Å². The number of rotatable bonds is 4. The van der Waals surface area contributed by atoms with Crippen molar-refractivity contribution in [1.29, 1.82) is 0 Å². The first-order valence-electron chi connectivity index (χ1n) is 7.58. The minimum absolute atomic E-state index is 0.584. The summed E-state index contributed by atoms with van der Waals surface area (Å²) in [5.74, 6) is 0.630. The number of benzene rings is 1. The average molecular weight is 245 g/mol. The molecule has 0 aliphatic heterocycles. The van der Waals surface area contributed by atoms with E-state index < -0.39 is 0 Å². The predicted octanol–water partition coefficient (Wildman–Crippen LogP) is 4.58. The van der Waals surface area contributed by atoms with Gasteiger partial charge in [0.15, 0.2) is 0 Å².